The number of azide groups is 1. The molecular weight excluding hydrogens is 266 g/mol. The highest BCUT2D eigenvalue weighted by Crippen LogP contribution is 2.16. The maximum Gasteiger partial charge on any atom is 0.239 e. The summed E-state index contributed by atoms with van der Waals surface area (Å²) in [6.07, 6.45) is 1.68. The van der Waals surface area contributed by atoms with Crippen molar-refractivity contribution in [2.24, 2.45) is 16.8 Å². The molecular formula is C15H23N5O. The summed E-state index contributed by atoms with van der Waals surface area (Å²) in [6.45, 7) is 5.32. The molecule has 0 saturated heterocycles. The minimum Gasteiger partial charge on any atom is -0.368 e. The number of benzene rings is 1. The summed E-state index contributed by atoms with van der Waals surface area (Å²) in [5.41, 5.74) is 15.7. The van der Waals surface area contributed by atoms with Gasteiger partial charge in [0.1, 0.15) is 6.04 Å². The number of carbonyl (C=O) groups excluding carboxylic acids is 1. The molecule has 0 heterocycles. The van der Waals surface area contributed by atoms with Crippen molar-refractivity contribution in [3.8, 4) is 0 Å². The standard InChI is InChI=1S/C15H23N5O/c1-11(2)10-12-4-6-13(7-5-12)14(15(16)21)18-8-3-9-19-20-17/h4-7,11,14,18H,3,8-10H2,1-2H3,(H2,16,21). The molecule has 0 fully saturated rings. The Hall–Kier alpha value is -2.04. The van der Waals surface area contributed by atoms with Gasteiger partial charge in [0.2, 0.25) is 5.91 Å². The van der Waals surface area contributed by atoms with Gasteiger partial charge in [0.15, 0.2) is 0 Å². The van der Waals surface area contributed by atoms with Crippen LogP contribution in [-0.4, -0.2) is 19.0 Å². The normalized spacial score (nSPS) is 12.0. The van der Waals surface area contributed by atoms with E-state index in [-0.39, 0.29) is 0 Å². The number of nitrogens with zero attached hydrogens (tertiary/aromatic N) is 3. The van der Waals surface area contributed by atoms with Crippen LogP contribution in [0.15, 0.2) is 29.4 Å². The zero-order valence-electron chi connectivity index (χ0n) is 12.6. The molecule has 0 aromatic heterocycles. The molecule has 114 valence electrons. The average Bonchev–Trinajstić information content (AvgIpc) is 2.43. The van der Waals surface area contributed by atoms with E-state index in [9.17, 15) is 4.79 Å². The molecule has 0 aliphatic carbocycles. The van der Waals surface area contributed by atoms with E-state index >= 15 is 0 Å². The summed E-state index contributed by atoms with van der Waals surface area (Å²) in [5.74, 6) is 0.192. The van der Waals surface area contributed by atoms with Gasteiger partial charge in [-0.1, -0.05) is 43.2 Å². The number of carbonyl (C=O) groups is 1. The number of hydrogen-bond acceptors (Lipinski definition) is 3. The average molecular weight is 289 g/mol. The Balaban J connectivity index is 2.63. The van der Waals surface area contributed by atoms with E-state index in [1.54, 1.807) is 0 Å². The van der Waals surface area contributed by atoms with E-state index in [1.165, 1.54) is 5.56 Å². The molecule has 1 atom stereocenters. The third kappa shape index (κ3) is 6.29. The van der Waals surface area contributed by atoms with E-state index < -0.39 is 11.9 Å². The molecule has 3 N–H and O–H groups in total. The third-order valence-corrected chi connectivity index (χ3v) is 3.09. The number of amides is 1. The molecule has 0 aliphatic heterocycles. The highest BCUT2D eigenvalue weighted by atomic mass is 16.1. The van der Waals surface area contributed by atoms with Gasteiger partial charge in [0, 0.05) is 11.5 Å². The van der Waals surface area contributed by atoms with E-state index in [0.29, 0.717) is 25.4 Å². The summed E-state index contributed by atoms with van der Waals surface area (Å²) < 4.78 is 0. The number of nitrogens with two attached hydrogens (primary N) is 1. The van der Waals surface area contributed by atoms with E-state index in [2.05, 4.69) is 29.2 Å². The second kappa shape index (κ2) is 9.00. The molecule has 1 aromatic carbocycles. The first-order chi connectivity index (χ1) is 10.0. The largest absolute Gasteiger partial charge is 0.368 e. The first kappa shape index (κ1) is 17.0. The Morgan fingerprint density at radius 1 is 1.38 bits per heavy atom. The molecule has 1 rings (SSSR count). The van der Waals surface area contributed by atoms with Gasteiger partial charge in [0.05, 0.1) is 0 Å². The second-order valence-corrected chi connectivity index (χ2v) is 5.44. The van der Waals surface area contributed by atoms with Crippen LogP contribution in [0.1, 0.15) is 37.4 Å². The zero-order chi connectivity index (χ0) is 15.7. The lowest BCUT2D eigenvalue weighted by molar-refractivity contribution is -0.120. The van der Waals surface area contributed by atoms with Gasteiger partial charge < -0.3 is 11.1 Å². The molecule has 1 amide bonds. The van der Waals surface area contributed by atoms with Gasteiger partial charge in [-0.05, 0) is 42.0 Å². The molecule has 6 nitrogen and oxygen atoms in total. The van der Waals surface area contributed by atoms with Crippen LogP contribution in [0.5, 0.6) is 0 Å². The first-order valence-electron chi connectivity index (χ1n) is 7.17. The Labute approximate surface area is 125 Å². The fourth-order valence-electron chi connectivity index (χ4n) is 2.14. The number of hydrogen-bond donors (Lipinski definition) is 2. The quantitative estimate of drug-likeness (QED) is 0.316. The fourth-order valence-corrected chi connectivity index (χ4v) is 2.14. The highest BCUT2D eigenvalue weighted by Gasteiger charge is 2.16. The Bertz CT molecular complexity index is 491. The monoisotopic (exact) mass is 289 g/mol. The van der Waals surface area contributed by atoms with Crippen molar-refractivity contribution in [1.29, 1.82) is 0 Å². The fraction of sp³-hybridized carbons (Fsp3) is 0.533. The Morgan fingerprint density at radius 3 is 2.57 bits per heavy atom. The molecule has 0 aliphatic rings. The smallest absolute Gasteiger partial charge is 0.239 e. The Morgan fingerprint density at radius 2 is 2.05 bits per heavy atom. The van der Waals surface area contributed by atoms with Gasteiger partial charge in [-0.2, -0.15) is 0 Å². The van der Waals surface area contributed by atoms with E-state index in [1.807, 2.05) is 24.3 Å². The zero-order valence-corrected chi connectivity index (χ0v) is 12.6. The summed E-state index contributed by atoms with van der Waals surface area (Å²) >= 11 is 0. The van der Waals surface area contributed by atoms with E-state index in [4.69, 9.17) is 11.3 Å². The van der Waals surface area contributed by atoms with Crippen molar-refractivity contribution in [1.82, 2.24) is 5.32 Å². The summed E-state index contributed by atoms with van der Waals surface area (Å²) in [5, 5.41) is 6.55. The predicted molar refractivity (Wildman–Crippen MR) is 83.6 cm³/mol. The molecule has 0 spiro atoms. The molecule has 21 heavy (non-hydrogen) atoms. The predicted octanol–water partition coefficient (Wildman–Crippen LogP) is 2.70. The van der Waals surface area contributed by atoms with Gasteiger partial charge in [0.25, 0.3) is 0 Å². The van der Waals surface area contributed by atoms with Crippen LogP contribution in [0, 0.1) is 5.92 Å². The van der Waals surface area contributed by atoms with Crippen LogP contribution in [0.3, 0.4) is 0 Å². The van der Waals surface area contributed by atoms with Crippen molar-refractivity contribution in [2.75, 3.05) is 13.1 Å². The van der Waals surface area contributed by atoms with Crippen LogP contribution >= 0.6 is 0 Å². The molecule has 0 saturated carbocycles. The number of rotatable bonds is 9. The lowest BCUT2D eigenvalue weighted by Gasteiger charge is -2.16. The highest BCUT2D eigenvalue weighted by molar-refractivity contribution is 5.81. The van der Waals surface area contributed by atoms with Gasteiger partial charge in [-0.3, -0.25) is 4.79 Å². The molecule has 1 unspecified atom stereocenters. The molecule has 0 bridgehead atoms. The van der Waals surface area contributed by atoms with Gasteiger partial charge in [-0.15, -0.1) is 0 Å². The van der Waals surface area contributed by atoms with Crippen LogP contribution in [0.4, 0.5) is 0 Å². The van der Waals surface area contributed by atoms with E-state index in [0.717, 1.165) is 12.0 Å². The molecule has 1 aromatic rings. The molecule has 0 radical (unpaired) electrons. The van der Waals surface area contributed by atoms with Gasteiger partial charge in [-0.25, -0.2) is 0 Å². The van der Waals surface area contributed by atoms with Crippen molar-refractivity contribution in [3.05, 3.63) is 45.8 Å². The van der Waals surface area contributed by atoms with Crippen LogP contribution in [0.25, 0.3) is 10.4 Å². The SMILES string of the molecule is CC(C)Cc1ccc(C(NCCCN=[N+]=[N-])C(N)=O)cc1. The lowest BCUT2D eigenvalue weighted by Crippen LogP contribution is -2.34. The summed E-state index contributed by atoms with van der Waals surface area (Å²) in [4.78, 5) is 14.2. The third-order valence-electron chi connectivity index (χ3n) is 3.09. The first-order valence-corrected chi connectivity index (χ1v) is 7.17. The van der Waals surface area contributed by atoms with Crippen molar-refractivity contribution in [2.45, 2.75) is 32.7 Å². The van der Waals surface area contributed by atoms with Crippen molar-refractivity contribution < 1.29 is 4.79 Å². The second-order valence-electron chi connectivity index (χ2n) is 5.44. The van der Waals surface area contributed by atoms with Gasteiger partial charge >= 0.3 is 0 Å². The minimum absolute atomic E-state index is 0.405. The lowest BCUT2D eigenvalue weighted by atomic mass is 9.99. The minimum atomic E-state index is -0.510. The summed E-state index contributed by atoms with van der Waals surface area (Å²) in [7, 11) is 0. The summed E-state index contributed by atoms with van der Waals surface area (Å²) in [6, 6.07) is 7.44. The Kier molecular flexibility index (Phi) is 7.29. The maximum atomic E-state index is 11.6. The number of primary amides is 1. The maximum absolute atomic E-state index is 11.6. The van der Waals surface area contributed by atoms with Crippen LogP contribution in [0.2, 0.25) is 0 Å². The van der Waals surface area contributed by atoms with Crippen molar-refractivity contribution in [3.63, 3.8) is 0 Å². The topological polar surface area (TPSA) is 104 Å². The van der Waals surface area contributed by atoms with Crippen molar-refractivity contribution >= 4 is 5.91 Å². The molecule has 6 heteroatoms. The number of nitrogens with one attached hydrogen (secondary N) is 1. The van der Waals surface area contributed by atoms with Crippen LogP contribution < -0.4 is 11.1 Å². The van der Waals surface area contributed by atoms with Crippen LogP contribution in [-0.2, 0) is 11.2 Å².